The van der Waals surface area contributed by atoms with Gasteiger partial charge in [0.2, 0.25) is 0 Å². The molecule has 9 aromatic heterocycles. The summed E-state index contributed by atoms with van der Waals surface area (Å²) in [6.07, 6.45) is 25.5. The molecule has 0 bridgehead atoms. The van der Waals surface area contributed by atoms with Gasteiger partial charge in [0, 0.05) is 37.4 Å². The van der Waals surface area contributed by atoms with Crippen molar-refractivity contribution < 1.29 is 13.9 Å². The topological polar surface area (TPSA) is 250 Å². The average molecular weight is 1340 g/mol. The number of alkyl halides is 2. The molecule has 6 fully saturated rings. The van der Waals surface area contributed by atoms with E-state index in [1.54, 1.807) is 110 Å². The fourth-order valence-corrected chi connectivity index (χ4v) is 14.9. The minimum atomic E-state index is -1.08. The van der Waals surface area contributed by atoms with Gasteiger partial charge >= 0.3 is 0 Å². The number of aromatic nitrogens is 18. The molecule has 0 atom stereocenters. The standard InChI is InChI=1S/C8H12N2S.2C7H10N2S.C6H10N2OS.C6H8N2S.C5H5ClN2S.C5H5FN2S.C4H6N2OS.C3H4N2S2/c1-2-4-7(5-3-1)8-10-9-6-11-8;1-2-7(3-4-7)6-9-8-5-10-6;1-2-4-6(3-1)7-9-8-5-10-7;1-6(2,9-3)5-8-7-4-10-5;1-2-5(3-1)6-8-7-4-9-6;2*6-5(1-2-5)4-8-7-3-9-4;1-7-2-4-6-5-3-8-4;1-6-3-5-4-2-7-3/h6-7H,1-5H2;5H,2-4H2,1H3;5-6H,1-4H2;4H,1-3H3;4-5H,1-3H2;2*3H,1-2H2;3H,2H2,1H3;2H,1H3. The van der Waals surface area contributed by atoms with E-state index >= 15 is 0 Å². The molecule has 0 amide bonds. The van der Waals surface area contributed by atoms with Gasteiger partial charge in [0.05, 0.1) is 11.5 Å². The monoisotopic (exact) mass is 1340 g/mol. The largest absolute Gasteiger partial charge is 0.377 e. The van der Waals surface area contributed by atoms with E-state index in [-0.39, 0.29) is 10.5 Å². The first kappa shape index (κ1) is 67.0. The zero-order chi connectivity index (χ0) is 58.6. The number of thioether (sulfide) groups is 1. The van der Waals surface area contributed by atoms with Gasteiger partial charge in [-0.1, -0.05) is 68.5 Å². The highest BCUT2D eigenvalue weighted by molar-refractivity contribution is 8.00. The Bertz CT molecular complexity index is 2850. The summed E-state index contributed by atoms with van der Waals surface area (Å²) in [5.41, 5.74) is 14.8. The van der Waals surface area contributed by atoms with Crippen LogP contribution in [0.5, 0.6) is 0 Å². The second-order valence-electron chi connectivity index (χ2n) is 20.2. The van der Waals surface area contributed by atoms with E-state index in [9.17, 15) is 4.39 Å². The lowest BCUT2D eigenvalue weighted by molar-refractivity contribution is 0.0185. The fraction of sp³-hybridized carbons (Fsp3) is 0.647. The molecule has 0 radical (unpaired) electrons. The van der Waals surface area contributed by atoms with Gasteiger partial charge in [0.1, 0.15) is 90.2 Å². The number of halogens is 2. The van der Waals surface area contributed by atoms with E-state index in [1.165, 1.54) is 162 Å². The molecule has 9 heterocycles. The predicted molar refractivity (Wildman–Crippen MR) is 335 cm³/mol. The maximum absolute atomic E-state index is 13.0. The minimum absolute atomic E-state index is 0.110. The van der Waals surface area contributed by atoms with Gasteiger partial charge in [-0.25, -0.2) is 4.39 Å². The second-order valence-corrected chi connectivity index (χ2v) is 29.7. The molecule has 450 valence electrons. The summed E-state index contributed by atoms with van der Waals surface area (Å²) < 4.78 is 24.0. The SMILES string of the molecule is CCC1(c2nncs2)CC1.COC(C)(C)c1nncs1.COCc1nncs1.CSc1nncs1.ClC1(c2nncs2)CC1.FC1(c2nncs2)CC1.c1nnc(C2CCC2)s1.c1nnc(C2CCCC2)s1.c1nnc(C2CCCCC2)s1. The van der Waals surface area contributed by atoms with Crippen molar-refractivity contribution in [3.8, 4) is 0 Å². The first-order chi connectivity index (χ1) is 40.4. The highest BCUT2D eigenvalue weighted by Gasteiger charge is 2.48. The smallest absolute Gasteiger partial charge is 0.173 e. The third-order valence-electron chi connectivity index (χ3n) is 14.0. The van der Waals surface area contributed by atoms with Gasteiger partial charge in [-0.3, -0.25) is 0 Å². The molecule has 0 aliphatic heterocycles. The highest BCUT2D eigenvalue weighted by Crippen LogP contribution is 2.53. The summed E-state index contributed by atoms with van der Waals surface area (Å²) in [5.74, 6) is 2.24. The Morgan fingerprint density at radius 1 is 0.506 bits per heavy atom. The number of rotatable bonds is 12. The Kier molecular flexibility index (Phi) is 28.6. The van der Waals surface area contributed by atoms with Crippen LogP contribution in [0.25, 0.3) is 0 Å². The molecule has 20 nitrogen and oxygen atoms in total. The summed E-state index contributed by atoms with van der Waals surface area (Å²) in [5, 5.41) is 77.2. The van der Waals surface area contributed by atoms with Crippen LogP contribution in [0, 0.1) is 0 Å². The van der Waals surface area contributed by atoms with Gasteiger partial charge in [-0.05, 0) is 104 Å². The maximum atomic E-state index is 13.0. The number of ether oxygens (including phenoxy) is 2. The van der Waals surface area contributed by atoms with Crippen LogP contribution in [0.1, 0.15) is 201 Å². The molecular weight excluding hydrogens is 1270 g/mol. The molecule has 32 heteroatoms. The molecular formula is C51H70ClFN18O2S10. The van der Waals surface area contributed by atoms with Crippen LogP contribution < -0.4 is 0 Å². The Balaban J connectivity index is 0.000000135. The summed E-state index contributed by atoms with van der Waals surface area (Å²) in [6.45, 7) is 6.74. The predicted octanol–water partition coefficient (Wildman–Crippen LogP) is 15.2. The van der Waals surface area contributed by atoms with E-state index in [1.807, 2.05) is 42.1 Å². The molecule has 9 aromatic rings. The zero-order valence-corrected chi connectivity index (χ0v) is 56.2. The molecule has 83 heavy (non-hydrogen) atoms. The van der Waals surface area contributed by atoms with Gasteiger partial charge < -0.3 is 9.47 Å². The number of methoxy groups -OCH3 is 2. The van der Waals surface area contributed by atoms with Crippen molar-refractivity contribution in [2.75, 3.05) is 20.5 Å². The van der Waals surface area contributed by atoms with Crippen LogP contribution in [0.3, 0.4) is 0 Å². The third-order valence-corrected chi connectivity index (χ3v) is 23.3. The van der Waals surface area contributed by atoms with E-state index in [0.717, 1.165) is 50.0 Å². The van der Waals surface area contributed by atoms with Gasteiger partial charge in [0.25, 0.3) is 0 Å². The van der Waals surface area contributed by atoms with Crippen LogP contribution in [-0.2, 0) is 37.6 Å². The molecule has 15 rings (SSSR count). The second kappa shape index (κ2) is 35.4. The summed E-state index contributed by atoms with van der Waals surface area (Å²) in [7, 11) is 3.31. The normalized spacial score (nSPS) is 17.6. The van der Waals surface area contributed by atoms with Crippen LogP contribution in [-0.4, -0.2) is 112 Å². The van der Waals surface area contributed by atoms with Crippen molar-refractivity contribution in [2.45, 2.75) is 193 Å². The van der Waals surface area contributed by atoms with Crippen LogP contribution in [0.15, 0.2) is 53.9 Å². The fourth-order valence-electron chi connectivity index (χ4n) is 8.07. The van der Waals surface area contributed by atoms with E-state index < -0.39 is 5.67 Å². The number of hydrogen-bond acceptors (Lipinski definition) is 30. The van der Waals surface area contributed by atoms with E-state index in [4.69, 9.17) is 21.1 Å². The Labute approximate surface area is 529 Å². The molecule has 0 saturated heterocycles. The summed E-state index contributed by atoms with van der Waals surface area (Å²) >= 11 is 21.8. The summed E-state index contributed by atoms with van der Waals surface area (Å²) in [4.78, 5) is -0.110. The lowest BCUT2D eigenvalue weighted by atomic mass is 9.86. The zero-order valence-electron chi connectivity index (χ0n) is 47.3. The Morgan fingerprint density at radius 2 is 0.940 bits per heavy atom. The number of hydrogen-bond donors (Lipinski definition) is 0. The molecule has 0 N–H and O–H groups in total. The maximum Gasteiger partial charge on any atom is 0.173 e. The van der Waals surface area contributed by atoms with Crippen molar-refractivity contribution in [2.24, 2.45) is 0 Å². The van der Waals surface area contributed by atoms with Crippen molar-refractivity contribution in [3.05, 3.63) is 89.7 Å². The molecule has 0 aromatic carbocycles. The van der Waals surface area contributed by atoms with Gasteiger partial charge in [-0.2, -0.15) is 0 Å². The Hall–Kier alpha value is -3.47. The van der Waals surface area contributed by atoms with Crippen molar-refractivity contribution in [1.29, 1.82) is 0 Å². The van der Waals surface area contributed by atoms with Crippen molar-refractivity contribution in [3.63, 3.8) is 0 Å². The van der Waals surface area contributed by atoms with E-state index in [0.29, 0.717) is 29.9 Å². The van der Waals surface area contributed by atoms with Gasteiger partial charge in [0.15, 0.2) is 15.0 Å². The van der Waals surface area contributed by atoms with Crippen LogP contribution >= 0.6 is 125 Å². The molecule has 6 aliphatic carbocycles. The minimum Gasteiger partial charge on any atom is -0.377 e. The average Bonchev–Trinajstić information content (AvgIpc) is 4.30. The first-order valence-corrected chi connectivity index (χ1v) is 36.8. The Morgan fingerprint density at radius 3 is 1.28 bits per heavy atom. The molecule has 6 saturated carbocycles. The lowest BCUT2D eigenvalue weighted by Crippen LogP contribution is -2.18. The molecule has 0 spiro atoms. The van der Waals surface area contributed by atoms with Crippen molar-refractivity contribution >= 4 is 125 Å². The highest BCUT2D eigenvalue weighted by atomic mass is 35.5. The quantitative estimate of drug-likeness (QED) is 0.0814. The van der Waals surface area contributed by atoms with Crippen molar-refractivity contribution in [1.82, 2.24) is 91.8 Å². The van der Waals surface area contributed by atoms with E-state index in [2.05, 4.69) is 98.7 Å². The van der Waals surface area contributed by atoms with Crippen LogP contribution in [0.4, 0.5) is 4.39 Å². The van der Waals surface area contributed by atoms with Gasteiger partial charge in [-0.15, -0.1) is 194 Å². The lowest BCUT2D eigenvalue weighted by Gasteiger charge is -2.21. The number of nitrogens with zero attached hydrogens (tertiary/aromatic N) is 18. The molecule has 6 aliphatic rings. The first-order valence-electron chi connectivity index (χ1n) is 27.2. The summed E-state index contributed by atoms with van der Waals surface area (Å²) in [6, 6.07) is 0. The third kappa shape index (κ3) is 22.6. The molecule has 0 unspecified atom stereocenters. The van der Waals surface area contributed by atoms with Crippen LogP contribution in [0.2, 0.25) is 0 Å².